The Morgan fingerprint density at radius 3 is 3.12 bits per heavy atom. The van der Waals surface area contributed by atoms with Gasteiger partial charge in [-0.25, -0.2) is 0 Å². The summed E-state index contributed by atoms with van der Waals surface area (Å²) in [6.07, 6.45) is 5.18. The highest BCUT2D eigenvalue weighted by atomic mass is 32.1. The molecule has 126 valence electrons. The van der Waals surface area contributed by atoms with E-state index in [1.165, 1.54) is 6.42 Å². The predicted molar refractivity (Wildman–Crippen MR) is 93.3 cm³/mol. The van der Waals surface area contributed by atoms with Crippen LogP contribution < -0.4 is 5.32 Å². The van der Waals surface area contributed by atoms with Crippen LogP contribution in [0.5, 0.6) is 0 Å². The SMILES string of the molecule is O=C(NCc1ccco1)c1cc2ccsc2n1C[C@H]1CCCCO1. The van der Waals surface area contributed by atoms with Gasteiger partial charge in [0.15, 0.2) is 0 Å². The van der Waals surface area contributed by atoms with Crippen LogP contribution in [0.4, 0.5) is 0 Å². The summed E-state index contributed by atoms with van der Waals surface area (Å²) >= 11 is 1.67. The van der Waals surface area contributed by atoms with Crippen LogP contribution in [0.25, 0.3) is 10.2 Å². The summed E-state index contributed by atoms with van der Waals surface area (Å²) in [4.78, 5) is 13.8. The molecule has 1 amide bonds. The zero-order valence-corrected chi connectivity index (χ0v) is 14.2. The van der Waals surface area contributed by atoms with Crippen LogP contribution in [0.1, 0.15) is 35.5 Å². The molecule has 0 aliphatic carbocycles. The van der Waals surface area contributed by atoms with E-state index in [9.17, 15) is 4.79 Å². The molecular formula is C18H20N2O3S. The van der Waals surface area contributed by atoms with Crippen LogP contribution in [0, 0.1) is 0 Å². The Morgan fingerprint density at radius 2 is 2.33 bits per heavy atom. The van der Waals surface area contributed by atoms with Crippen LogP contribution in [0.15, 0.2) is 40.3 Å². The molecule has 1 N–H and O–H groups in total. The summed E-state index contributed by atoms with van der Waals surface area (Å²) in [7, 11) is 0. The third-order valence-electron chi connectivity index (χ3n) is 4.40. The van der Waals surface area contributed by atoms with Gasteiger partial charge in [-0.15, -0.1) is 11.3 Å². The molecule has 0 spiro atoms. The first-order valence-electron chi connectivity index (χ1n) is 8.30. The number of furan rings is 1. The fourth-order valence-electron chi connectivity index (χ4n) is 3.17. The molecule has 0 saturated carbocycles. The van der Waals surface area contributed by atoms with E-state index in [1.807, 2.05) is 18.2 Å². The average molecular weight is 344 g/mol. The van der Waals surface area contributed by atoms with E-state index in [0.29, 0.717) is 12.2 Å². The van der Waals surface area contributed by atoms with Gasteiger partial charge in [-0.3, -0.25) is 4.79 Å². The van der Waals surface area contributed by atoms with E-state index in [0.717, 1.165) is 42.0 Å². The lowest BCUT2D eigenvalue weighted by Crippen LogP contribution is -2.29. The molecule has 24 heavy (non-hydrogen) atoms. The molecule has 3 aromatic rings. The number of aromatic nitrogens is 1. The van der Waals surface area contributed by atoms with Crippen molar-refractivity contribution in [2.24, 2.45) is 0 Å². The van der Waals surface area contributed by atoms with E-state index in [2.05, 4.69) is 21.3 Å². The quantitative estimate of drug-likeness (QED) is 0.766. The first-order chi connectivity index (χ1) is 11.8. The summed E-state index contributed by atoms with van der Waals surface area (Å²) in [5, 5.41) is 6.11. The number of thiophene rings is 1. The second-order valence-electron chi connectivity index (χ2n) is 6.07. The summed E-state index contributed by atoms with van der Waals surface area (Å²) in [6, 6.07) is 7.70. The van der Waals surface area contributed by atoms with Gasteiger partial charge in [-0.05, 0) is 48.9 Å². The van der Waals surface area contributed by atoms with Gasteiger partial charge in [0.25, 0.3) is 5.91 Å². The lowest BCUT2D eigenvalue weighted by molar-refractivity contribution is 0.00644. The van der Waals surface area contributed by atoms with Crippen molar-refractivity contribution in [2.45, 2.75) is 38.5 Å². The van der Waals surface area contributed by atoms with Gasteiger partial charge in [0.1, 0.15) is 16.3 Å². The normalized spacial score (nSPS) is 18.1. The number of ether oxygens (including phenoxy) is 1. The lowest BCUT2D eigenvalue weighted by Gasteiger charge is -2.24. The molecule has 1 fully saturated rings. The number of fused-ring (bicyclic) bond motifs is 1. The molecule has 1 aliphatic heterocycles. The Balaban J connectivity index is 1.55. The molecule has 1 saturated heterocycles. The number of nitrogens with zero attached hydrogens (tertiary/aromatic N) is 1. The van der Waals surface area contributed by atoms with Gasteiger partial charge in [0.2, 0.25) is 0 Å². The Bertz CT molecular complexity index is 813. The third-order valence-corrected chi connectivity index (χ3v) is 5.35. The van der Waals surface area contributed by atoms with Gasteiger partial charge in [-0.2, -0.15) is 0 Å². The van der Waals surface area contributed by atoms with Crippen molar-refractivity contribution in [3.8, 4) is 0 Å². The van der Waals surface area contributed by atoms with Crippen molar-refractivity contribution in [1.29, 1.82) is 0 Å². The van der Waals surface area contributed by atoms with Crippen molar-refractivity contribution < 1.29 is 13.9 Å². The Hall–Kier alpha value is -2.05. The summed E-state index contributed by atoms with van der Waals surface area (Å²) in [5.41, 5.74) is 0.692. The molecule has 0 bridgehead atoms. The molecule has 0 unspecified atom stereocenters. The zero-order chi connectivity index (χ0) is 16.4. The number of rotatable bonds is 5. The van der Waals surface area contributed by atoms with Gasteiger partial charge in [0, 0.05) is 12.0 Å². The van der Waals surface area contributed by atoms with Gasteiger partial charge < -0.3 is 19.0 Å². The van der Waals surface area contributed by atoms with Gasteiger partial charge in [0.05, 0.1) is 25.5 Å². The number of carbonyl (C=O) groups excluding carboxylic acids is 1. The second kappa shape index (κ2) is 6.83. The highest BCUT2D eigenvalue weighted by Gasteiger charge is 2.21. The monoisotopic (exact) mass is 344 g/mol. The minimum atomic E-state index is -0.0781. The minimum Gasteiger partial charge on any atom is -0.467 e. The number of nitrogens with one attached hydrogen (secondary N) is 1. The topological polar surface area (TPSA) is 56.4 Å². The Labute approximate surface area is 144 Å². The third kappa shape index (κ3) is 3.12. The number of hydrogen-bond acceptors (Lipinski definition) is 4. The fourth-order valence-corrected chi connectivity index (χ4v) is 4.08. The van der Waals surface area contributed by atoms with E-state index >= 15 is 0 Å². The molecule has 0 aromatic carbocycles. The maximum Gasteiger partial charge on any atom is 0.268 e. The summed E-state index contributed by atoms with van der Waals surface area (Å²) < 4.78 is 13.2. The first kappa shape index (κ1) is 15.5. The van der Waals surface area contributed by atoms with Crippen LogP contribution in [0.2, 0.25) is 0 Å². The smallest absolute Gasteiger partial charge is 0.268 e. The molecule has 4 heterocycles. The van der Waals surface area contributed by atoms with Crippen molar-refractivity contribution in [1.82, 2.24) is 9.88 Å². The predicted octanol–water partition coefficient (Wildman–Crippen LogP) is 3.79. The highest BCUT2D eigenvalue weighted by Crippen LogP contribution is 2.27. The van der Waals surface area contributed by atoms with Crippen LogP contribution in [-0.4, -0.2) is 23.2 Å². The van der Waals surface area contributed by atoms with E-state index < -0.39 is 0 Å². The van der Waals surface area contributed by atoms with E-state index in [1.54, 1.807) is 17.6 Å². The Kier molecular flexibility index (Phi) is 4.40. The molecule has 4 rings (SSSR count). The molecule has 6 heteroatoms. The largest absolute Gasteiger partial charge is 0.467 e. The highest BCUT2D eigenvalue weighted by molar-refractivity contribution is 7.16. The molecule has 1 atom stereocenters. The van der Waals surface area contributed by atoms with Crippen LogP contribution in [0.3, 0.4) is 0 Å². The number of carbonyl (C=O) groups is 1. The second-order valence-corrected chi connectivity index (χ2v) is 6.97. The van der Waals surface area contributed by atoms with Gasteiger partial charge >= 0.3 is 0 Å². The molecule has 3 aromatic heterocycles. The summed E-state index contributed by atoms with van der Waals surface area (Å²) in [5.74, 6) is 0.671. The van der Waals surface area contributed by atoms with Crippen molar-refractivity contribution in [2.75, 3.05) is 6.61 Å². The molecular weight excluding hydrogens is 324 g/mol. The van der Waals surface area contributed by atoms with Crippen molar-refractivity contribution in [3.63, 3.8) is 0 Å². The average Bonchev–Trinajstić information content (AvgIpc) is 3.32. The van der Waals surface area contributed by atoms with Crippen LogP contribution >= 0.6 is 11.3 Å². The standard InChI is InChI=1S/C18H20N2O3S/c21-17(19-11-14-5-3-8-22-14)16-10-13-6-9-24-18(13)20(16)12-15-4-1-2-7-23-15/h3,5-6,8-10,15H,1-2,4,7,11-12H2,(H,19,21)/t15-/m1/s1. The lowest BCUT2D eigenvalue weighted by atomic mass is 10.1. The molecule has 5 nitrogen and oxygen atoms in total. The summed E-state index contributed by atoms with van der Waals surface area (Å²) in [6.45, 7) is 1.94. The maximum absolute atomic E-state index is 12.7. The van der Waals surface area contributed by atoms with Crippen molar-refractivity contribution >= 4 is 27.5 Å². The first-order valence-corrected chi connectivity index (χ1v) is 9.18. The maximum atomic E-state index is 12.7. The zero-order valence-electron chi connectivity index (χ0n) is 13.4. The number of hydrogen-bond donors (Lipinski definition) is 1. The van der Waals surface area contributed by atoms with E-state index in [-0.39, 0.29) is 12.0 Å². The number of amides is 1. The van der Waals surface area contributed by atoms with Gasteiger partial charge in [-0.1, -0.05) is 0 Å². The molecule has 0 radical (unpaired) electrons. The van der Waals surface area contributed by atoms with E-state index in [4.69, 9.17) is 9.15 Å². The fraction of sp³-hybridized carbons (Fsp3) is 0.389. The Morgan fingerprint density at radius 1 is 1.38 bits per heavy atom. The van der Waals surface area contributed by atoms with Crippen LogP contribution in [-0.2, 0) is 17.8 Å². The van der Waals surface area contributed by atoms with Crippen molar-refractivity contribution in [3.05, 3.63) is 47.4 Å². The molecule has 1 aliphatic rings. The minimum absolute atomic E-state index is 0.0781.